The van der Waals surface area contributed by atoms with Crippen molar-refractivity contribution >= 4 is 0 Å². The molecule has 1 heterocycles. The molecule has 1 aromatic heterocycles. The summed E-state index contributed by atoms with van der Waals surface area (Å²) in [5.41, 5.74) is 8.01. The molecular formula is C17H28N2O. The molecule has 112 valence electrons. The molecule has 0 aromatic carbocycles. The first-order chi connectivity index (χ1) is 9.75. The lowest BCUT2D eigenvalue weighted by molar-refractivity contribution is 0.117. The fourth-order valence-corrected chi connectivity index (χ4v) is 3.07. The lowest BCUT2D eigenvalue weighted by Gasteiger charge is -2.28. The van der Waals surface area contributed by atoms with E-state index in [1.165, 1.54) is 25.7 Å². The van der Waals surface area contributed by atoms with Crippen molar-refractivity contribution in [1.82, 2.24) is 4.98 Å². The molecule has 0 radical (unpaired) electrons. The standard InChI is InChI=1S/C17H28N2O/c1-3-6-15-9-14(12-18)11-17(19-15)20-16-8-5-7-13(4-2)10-16/h9,11,13,16H,3-8,10,12,18H2,1-2H3. The quantitative estimate of drug-likeness (QED) is 0.858. The summed E-state index contributed by atoms with van der Waals surface area (Å²) >= 11 is 0. The van der Waals surface area contributed by atoms with Gasteiger partial charge in [-0.2, -0.15) is 0 Å². The van der Waals surface area contributed by atoms with Crippen LogP contribution in [0, 0.1) is 5.92 Å². The third-order valence-corrected chi connectivity index (χ3v) is 4.26. The number of aryl methyl sites for hydroxylation is 1. The molecule has 0 amide bonds. The van der Waals surface area contributed by atoms with Crippen LogP contribution in [-0.4, -0.2) is 11.1 Å². The van der Waals surface area contributed by atoms with Gasteiger partial charge in [-0.25, -0.2) is 4.98 Å². The molecule has 1 aliphatic rings. The van der Waals surface area contributed by atoms with E-state index in [2.05, 4.69) is 24.9 Å². The summed E-state index contributed by atoms with van der Waals surface area (Å²) < 4.78 is 6.15. The maximum absolute atomic E-state index is 6.15. The molecule has 2 rings (SSSR count). The van der Waals surface area contributed by atoms with Crippen LogP contribution in [-0.2, 0) is 13.0 Å². The van der Waals surface area contributed by atoms with Gasteiger partial charge in [-0.1, -0.05) is 33.1 Å². The fraction of sp³-hybridized carbons (Fsp3) is 0.706. The number of nitrogens with zero attached hydrogens (tertiary/aromatic N) is 1. The van der Waals surface area contributed by atoms with E-state index in [4.69, 9.17) is 10.5 Å². The number of rotatable bonds is 6. The lowest BCUT2D eigenvalue weighted by atomic mass is 9.85. The van der Waals surface area contributed by atoms with Crippen molar-refractivity contribution in [2.75, 3.05) is 0 Å². The van der Waals surface area contributed by atoms with Crippen molar-refractivity contribution in [3.8, 4) is 5.88 Å². The van der Waals surface area contributed by atoms with Crippen molar-refractivity contribution in [3.05, 3.63) is 23.4 Å². The van der Waals surface area contributed by atoms with Gasteiger partial charge in [0.15, 0.2) is 0 Å². The smallest absolute Gasteiger partial charge is 0.214 e. The van der Waals surface area contributed by atoms with Crippen LogP contribution in [0.1, 0.15) is 63.6 Å². The number of hydrogen-bond donors (Lipinski definition) is 1. The van der Waals surface area contributed by atoms with Gasteiger partial charge < -0.3 is 10.5 Å². The largest absolute Gasteiger partial charge is 0.474 e. The molecule has 0 saturated heterocycles. The first-order valence-electron chi connectivity index (χ1n) is 8.11. The van der Waals surface area contributed by atoms with Crippen LogP contribution in [0.25, 0.3) is 0 Å². The van der Waals surface area contributed by atoms with Gasteiger partial charge in [-0.3, -0.25) is 0 Å². The average molecular weight is 276 g/mol. The van der Waals surface area contributed by atoms with Gasteiger partial charge in [0, 0.05) is 18.3 Å². The third kappa shape index (κ3) is 4.20. The Kier molecular flexibility index (Phi) is 5.84. The van der Waals surface area contributed by atoms with E-state index in [-0.39, 0.29) is 0 Å². The first-order valence-corrected chi connectivity index (χ1v) is 8.11. The molecule has 3 nitrogen and oxygen atoms in total. The topological polar surface area (TPSA) is 48.1 Å². The van der Waals surface area contributed by atoms with Crippen molar-refractivity contribution in [1.29, 1.82) is 0 Å². The molecular weight excluding hydrogens is 248 g/mol. The number of nitrogens with two attached hydrogens (primary N) is 1. The van der Waals surface area contributed by atoms with Crippen LogP contribution in [0.3, 0.4) is 0 Å². The SMILES string of the molecule is CCCc1cc(CN)cc(OC2CCCC(CC)C2)n1. The molecule has 1 fully saturated rings. The van der Waals surface area contributed by atoms with Gasteiger partial charge in [0.05, 0.1) is 0 Å². The van der Waals surface area contributed by atoms with Crippen molar-refractivity contribution in [2.24, 2.45) is 11.7 Å². The Hall–Kier alpha value is -1.09. The molecule has 2 N–H and O–H groups in total. The summed E-state index contributed by atoms with van der Waals surface area (Å²) in [7, 11) is 0. The van der Waals surface area contributed by atoms with Gasteiger partial charge in [0.1, 0.15) is 6.10 Å². The summed E-state index contributed by atoms with van der Waals surface area (Å²) in [6, 6.07) is 4.11. The maximum atomic E-state index is 6.15. The van der Waals surface area contributed by atoms with E-state index in [9.17, 15) is 0 Å². The van der Waals surface area contributed by atoms with Crippen LogP contribution in [0.5, 0.6) is 5.88 Å². The second-order valence-electron chi connectivity index (χ2n) is 5.94. The number of ether oxygens (including phenoxy) is 1. The van der Waals surface area contributed by atoms with E-state index < -0.39 is 0 Å². The Bertz CT molecular complexity index is 419. The normalized spacial score (nSPS) is 22.8. The Balaban J connectivity index is 2.05. The van der Waals surface area contributed by atoms with Crippen LogP contribution in [0.15, 0.2) is 12.1 Å². The van der Waals surface area contributed by atoms with Crippen molar-refractivity contribution in [2.45, 2.75) is 71.4 Å². The van der Waals surface area contributed by atoms with E-state index in [1.807, 2.05) is 6.07 Å². The monoisotopic (exact) mass is 276 g/mol. The maximum Gasteiger partial charge on any atom is 0.214 e. The van der Waals surface area contributed by atoms with Gasteiger partial charge >= 0.3 is 0 Å². The Morgan fingerprint density at radius 1 is 1.30 bits per heavy atom. The summed E-state index contributed by atoms with van der Waals surface area (Å²) in [4.78, 5) is 4.64. The van der Waals surface area contributed by atoms with E-state index in [0.717, 1.165) is 42.3 Å². The van der Waals surface area contributed by atoms with Crippen LogP contribution in [0.4, 0.5) is 0 Å². The lowest BCUT2D eigenvalue weighted by Crippen LogP contribution is -2.25. The minimum absolute atomic E-state index is 0.337. The zero-order chi connectivity index (χ0) is 14.4. The zero-order valence-electron chi connectivity index (χ0n) is 12.9. The van der Waals surface area contributed by atoms with Gasteiger partial charge in [0.2, 0.25) is 5.88 Å². The van der Waals surface area contributed by atoms with Gasteiger partial charge in [-0.05, 0) is 43.2 Å². The average Bonchev–Trinajstić information content (AvgIpc) is 2.47. The highest BCUT2D eigenvalue weighted by atomic mass is 16.5. The second-order valence-corrected chi connectivity index (χ2v) is 5.94. The van der Waals surface area contributed by atoms with E-state index >= 15 is 0 Å². The molecule has 0 bridgehead atoms. The Morgan fingerprint density at radius 2 is 2.15 bits per heavy atom. The molecule has 2 atom stereocenters. The van der Waals surface area contributed by atoms with Crippen molar-refractivity contribution < 1.29 is 4.74 Å². The predicted octanol–water partition coefficient (Wildman–Crippen LogP) is 3.84. The third-order valence-electron chi connectivity index (χ3n) is 4.26. The van der Waals surface area contributed by atoms with E-state index in [0.29, 0.717) is 12.6 Å². The van der Waals surface area contributed by atoms with Gasteiger partial charge in [0.25, 0.3) is 0 Å². The summed E-state index contributed by atoms with van der Waals surface area (Å²) in [5, 5.41) is 0. The Morgan fingerprint density at radius 3 is 2.85 bits per heavy atom. The molecule has 0 spiro atoms. The fourth-order valence-electron chi connectivity index (χ4n) is 3.07. The molecule has 3 heteroatoms. The first kappa shape index (κ1) is 15.3. The predicted molar refractivity (Wildman–Crippen MR) is 82.8 cm³/mol. The summed E-state index contributed by atoms with van der Waals surface area (Å²) in [5.74, 6) is 1.60. The molecule has 2 unspecified atom stereocenters. The molecule has 20 heavy (non-hydrogen) atoms. The minimum atomic E-state index is 0.337. The highest BCUT2D eigenvalue weighted by Crippen LogP contribution is 2.29. The molecule has 0 aliphatic heterocycles. The van der Waals surface area contributed by atoms with E-state index in [1.54, 1.807) is 0 Å². The molecule has 1 aliphatic carbocycles. The Labute approximate surface area is 122 Å². The number of pyridine rings is 1. The summed E-state index contributed by atoms with van der Waals surface area (Å²) in [6.07, 6.45) is 8.66. The van der Waals surface area contributed by atoms with Crippen molar-refractivity contribution in [3.63, 3.8) is 0 Å². The highest BCUT2D eigenvalue weighted by molar-refractivity contribution is 5.25. The second kappa shape index (κ2) is 7.63. The molecule has 1 aromatic rings. The molecule has 1 saturated carbocycles. The number of aromatic nitrogens is 1. The minimum Gasteiger partial charge on any atom is -0.474 e. The number of hydrogen-bond acceptors (Lipinski definition) is 3. The van der Waals surface area contributed by atoms with Gasteiger partial charge in [-0.15, -0.1) is 0 Å². The summed E-state index contributed by atoms with van der Waals surface area (Å²) in [6.45, 7) is 5.00. The van der Waals surface area contributed by atoms with Crippen LogP contribution >= 0.6 is 0 Å². The highest BCUT2D eigenvalue weighted by Gasteiger charge is 2.22. The van der Waals surface area contributed by atoms with Crippen LogP contribution < -0.4 is 10.5 Å². The van der Waals surface area contributed by atoms with Crippen LogP contribution in [0.2, 0.25) is 0 Å². The zero-order valence-corrected chi connectivity index (χ0v) is 12.9.